The number of methoxy groups -OCH3 is 1. The molecule has 1 saturated carbocycles. The Hall–Kier alpha value is -2.08. The van der Waals surface area contributed by atoms with E-state index in [0.717, 1.165) is 24.9 Å². The fourth-order valence-electron chi connectivity index (χ4n) is 3.00. The fourth-order valence-corrected chi connectivity index (χ4v) is 3.00. The average molecular weight is 347 g/mol. The van der Waals surface area contributed by atoms with Gasteiger partial charge < -0.3 is 20.7 Å². The summed E-state index contributed by atoms with van der Waals surface area (Å²) in [6.07, 6.45) is 6.58. The van der Waals surface area contributed by atoms with Crippen LogP contribution >= 0.6 is 0 Å². The van der Waals surface area contributed by atoms with Crippen LogP contribution in [-0.4, -0.2) is 44.7 Å². The lowest BCUT2D eigenvalue weighted by Crippen LogP contribution is -2.39. The van der Waals surface area contributed by atoms with Crippen LogP contribution in [0.3, 0.4) is 0 Å². The number of hydrogen-bond donors (Lipinski definition) is 3. The number of hydrogen-bond acceptors (Lipinski definition) is 4. The molecule has 0 saturated heterocycles. The monoisotopic (exact) mass is 347 g/mol. The minimum atomic E-state index is -0.119. The van der Waals surface area contributed by atoms with E-state index in [2.05, 4.69) is 16.0 Å². The van der Waals surface area contributed by atoms with Gasteiger partial charge in [0.25, 0.3) is 5.91 Å². The largest absolute Gasteiger partial charge is 0.385 e. The Kier molecular flexibility index (Phi) is 8.25. The number of rotatable bonds is 9. The maximum absolute atomic E-state index is 12.1. The van der Waals surface area contributed by atoms with Crippen LogP contribution in [0.5, 0.6) is 0 Å². The third-order valence-corrected chi connectivity index (χ3v) is 4.36. The van der Waals surface area contributed by atoms with Crippen LogP contribution < -0.4 is 16.0 Å². The SMILES string of the molecule is COCCCNC(=O)c1cccc(NCC(=O)NC2CCCCC2)c1. The Labute approximate surface area is 149 Å². The second kappa shape index (κ2) is 10.7. The minimum Gasteiger partial charge on any atom is -0.385 e. The molecule has 0 aliphatic heterocycles. The number of anilines is 1. The lowest BCUT2D eigenvalue weighted by atomic mass is 9.95. The quantitative estimate of drug-likeness (QED) is 0.599. The van der Waals surface area contributed by atoms with E-state index in [1.165, 1.54) is 19.3 Å². The van der Waals surface area contributed by atoms with E-state index in [1.54, 1.807) is 19.2 Å². The molecule has 0 heterocycles. The fraction of sp³-hybridized carbons (Fsp3) is 0.579. The number of carbonyl (C=O) groups is 2. The molecule has 1 aliphatic rings. The van der Waals surface area contributed by atoms with E-state index >= 15 is 0 Å². The summed E-state index contributed by atoms with van der Waals surface area (Å²) in [7, 11) is 1.64. The van der Waals surface area contributed by atoms with Crippen LogP contribution in [-0.2, 0) is 9.53 Å². The summed E-state index contributed by atoms with van der Waals surface area (Å²) in [6, 6.07) is 7.51. The van der Waals surface area contributed by atoms with Gasteiger partial charge in [-0.05, 0) is 37.5 Å². The summed E-state index contributed by atoms with van der Waals surface area (Å²) >= 11 is 0. The highest BCUT2D eigenvalue weighted by atomic mass is 16.5. The predicted molar refractivity (Wildman–Crippen MR) is 98.8 cm³/mol. The van der Waals surface area contributed by atoms with Crippen molar-refractivity contribution in [2.45, 2.75) is 44.6 Å². The van der Waals surface area contributed by atoms with Gasteiger partial charge >= 0.3 is 0 Å². The van der Waals surface area contributed by atoms with Gasteiger partial charge in [0.15, 0.2) is 0 Å². The molecule has 2 rings (SSSR count). The number of amides is 2. The van der Waals surface area contributed by atoms with Crippen LogP contribution in [0.25, 0.3) is 0 Å². The van der Waals surface area contributed by atoms with E-state index < -0.39 is 0 Å². The maximum atomic E-state index is 12.1. The standard InChI is InChI=1S/C19H29N3O3/c1-25-12-6-11-20-19(24)15-7-5-10-17(13-15)21-14-18(23)22-16-8-3-2-4-9-16/h5,7,10,13,16,21H,2-4,6,8-9,11-12,14H2,1H3,(H,20,24)(H,22,23). The molecule has 6 nitrogen and oxygen atoms in total. The van der Waals surface area contributed by atoms with Gasteiger partial charge in [0, 0.05) is 37.6 Å². The molecule has 0 bridgehead atoms. The zero-order valence-corrected chi connectivity index (χ0v) is 15.0. The Morgan fingerprint density at radius 1 is 1.20 bits per heavy atom. The number of ether oxygens (including phenoxy) is 1. The molecule has 138 valence electrons. The van der Waals surface area contributed by atoms with E-state index in [1.807, 2.05) is 12.1 Å². The van der Waals surface area contributed by atoms with E-state index in [-0.39, 0.29) is 18.4 Å². The smallest absolute Gasteiger partial charge is 0.251 e. The summed E-state index contributed by atoms with van der Waals surface area (Å²) in [6.45, 7) is 1.42. The van der Waals surface area contributed by atoms with E-state index in [9.17, 15) is 9.59 Å². The normalized spacial score (nSPS) is 14.8. The second-order valence-corrected chi connectivity index (χ2v) is 6.44. The van der Waals surface area contributed by atoms with E-state index in [0.29, 0.717) is 24.8 Å². The van der Waals surface area contributed by atoms with Crippen LogP contribution in [0.15, 0.2) is 24.3 Å². The van der Waals surface area contributed by atoms with Crippen molar-refractivity contribution in [3.05, 3.63) is 29.8 Å². The van der Waals surface area contributed by atoms with Crippen LogP contribution in [0.1, 0.15) is 48.9 Å². The molecular formula is C19H29N3O3. The summed E-state index contributed by atoms with van der Waals surface area (Å²) < 4.78 is 4.96. The Morgan fingerprint density at radius 2 is 2.00 bits per heavy atom. The van der Waals surface area contributed by atoms with Crippen molar-refractivity contribution in [2.24, 2.45) is 0 Å². The van der Waals surface area contributed by atoms with Crippen molar-refractivity contribution in [3.63, 3.8) is 0 Å². The zero-order valence-electron chi connectivity index (χ0n) is 15.0. The first-order valence-corrected chi connectivity index (χ1v) is 9.09. The van der Waals surface area contributed by atoms with Gasteiger partial charge in [-0.15, -0.1) is 0 Å². The molecule has 0 radical (unpaired) electrons. The molecule has 2 amide bonds. The Balaban J connectivity index is 1.76. The highest BCUT2D eigenvalue weighted by Gasteiger charge is 2.15. The molecule has 0 aromatic heterocycles. The van der Waals surface area contributed by atoms with Crippen molar-refractivity contribution in [2.75, 3.05) is 32.1 Å². The molecule has 0 unspecified atom stereocenters. The molecule has 25 heavy (non-hydrogen) atoms. The predicted octanol–water partition coefficient (Wildman–Crippen LogP) is 2.31. The number of nitrogens with one attached hydrogen (secondary N) is 3. The van der Waals surface area contributed by atoms with Crippen LogP contribution in [0.4, 0.5) is 5.69 Å². The van der Waals surface area contributed by atoms with Crippen LogP contribution in [0.2, 0.25) is 0 Å². The highest BCUT2D eigenvalue weighted by molar-refractivity contribution is 5.95. The van der Waals surface area contributed by atoms with Crippen molar-refractivity contribution < 1.29 is 14.3 Å². The Morgan fingerprint density at radius 3 is 2.76 bits per heavy atom. The van der Waals surface area contributed by atoms with Gasteiger partial charge in [-0.2, -0.15) is 0 Å². The van der Waals surface area contributed by atoms with Gasteiger partial charge in [-0.3, -0.25) is 9.59 Å². The topological polar surface area (TPSA) is 79.5 Å². The lowest BCUT2D eigenvalue weighted by Gasteiger charge is -2.22. The molecule has 0 atom stereocenters. The number of benzene rings is 1. The molecule has 3 N–H and O–H groups in total. The van der Waals surface area contributed by atoms with Crippen molar-refractivity contribution in [3.8, 4) is 0 Å². The lowest BCUT2D eigenvalue weighted by molar-refractivity contribution is -0.120. The van der Waals surface area contributed by atoms with Crippen molar-refractivity contribution in [1.82, 2.24) is 10.6 Å². The molecule has 6 heteroatoms. The Bertz CT molecular complexity index is 557. The van der Waals surface area contributed by atoms with Gasteiger partial charge in [0.2, 0.25) is 5.91 Å². The minimum absolute atomic E-state index is 0.00122. The first kappa shape index (κ1) is 19.2. The average Bonchev–Trinajstić information content (AvgIpc) is 2.64. The third-order valence-electron chi connectivity index (χ3n) is 4.36. The molecule has 1 fully saturated rings. The highest BCUT2D eigenvalue weighted by Crippen LogP contribution is 2.17. The van der Waals surface area contributed by atoms with Crippen molar-refractivity contribution >= 4 is 17.5 Å². The molecule has 1 aliphatic carbocycles. The summed E-state index contributed by atoms with van der Waals surface area (Å²) in [5.74, 6) is -0.118. The van der Waals surface area contributed by atoms with Gasteiger partial charge in [-0.25, -0.2) is 0 Å². The third kappa shape index (κ3) is 7.13. The zero-order chi connectivity index (χ0) is 17.9. The van der Waals surface area contributed by atoms with Crippen LogP contribution in [0, 0.1) is 0 Å². The number of carbonyl (C=O) groups excluding carboxylic acids is 2. The van der Waals surface area contributed by atoms with Gasteiger partial charge in [0.05, 0.1) is 6.54 Å². The molecule has 0 spiro atoms. The summed E-state index contributed by atoms with van der Waals surface area (Å²) in [5.41, 5.74) is 1.35. The molecule has 1 aromatic carbocycles. The maximum Gasteiger partial charge on any atom is 0.251 e. The summed E-state index contributed by atoms with van der Waals surface area (Å²) in [4.78, 5) is 24.1. The molecular weight excluding hydrogens is 318 g/mol. The summed E-state index contributed by atoms with van der Waals surface area (Å²) in [5, 5.41) is 9.02. The molecule has 1 aromatic rings. The first-order valence-electron chi connectivity index (χ1n) is 9.09. The van der Waals surface area contributed by atoms with Gasteiger partial charge in [0.1, 0.15) is 0 Å². The van der Waals surface area contributed by atoms with Crippen molar-refractivity contribution in [1.29, 1.82) is 0 Å². The second-order valence-electron chi connectivity index (χ2n) is 6.44. The van der Waals surface area contributed by atoms with E-state index in [4.69, 9.17) is 4.74 Å². The first-order chi connectivity index (χ1) is 12.2. The van der Waals surface area contributed by atoms with Gasteiger partial charge in [-0.1, -0.05) is 25.3 Å².